The molecule has 0 saturated heterocycles. The van der Waals surface area contributed by atoms with Gasteiger partial charge in [0.25, 0.3) is 5.91 Å². The molecular weight excluding hydrogens is 366 g/mol. The number of amides is 1. The van der Waals surface area contributed by atoms with Gasteiger partial charge in [-0.3, -0.25) is 4.79 Å². The average molecular weight is 381 g/mol. The van der Waals surface area contributed by atoms with Gasteiger partial charge in [0.2, 0.25) is 0 Å². The molecule has 0 saturated carbocycles. The van der Waals surface area contributed by atoms with Gasteiger partial charge >= 0.3 is 17.9 Å². The molecule has 2 N–H and O–H groups in total. The molecule has 0 radical (unpaired) electrons. The number of unbranched alkanes of at least 4 members (excludes halogenated alkanes) is 1. The van der Waals surface area contributed by atoms with Gasteiger partial charge in [-0.2, -0.15) is 0 Å². The van der Waals surface area contributed by atoms with Crippen LogP contribution in [0.15, 0.2) is 22.9 Å². The molecule has 7 nitrogen and oxygen atoms in total. The summed E-state index contributed by atoms with van der Waals surface area (Å²) in [5.74, 6) is -3.74. The predicted octanol–water partition coefficient (Wildman–Crippen LogP) is 3.03. The number of hydrogen-bond acceptors (Lipinski definition) is 7. The van der Waals surface area contributed by atoms with Crippen molar-refractivity contribution in [1.29, 1.82) is 0 Å². The summed E-state index contributed by atoms with van der Waals surface area (Å²) in [4.78, 5) is 47.2. The first-order chi connectivity index (χ1) is 12.0. The zero-order valence-electron chi connectivity index (χ0n) is 13.2. The van der Waals surface area contributed by atoms with Gasteiger partial charge in [-0.05, 0) is 29.3 Å². The lowest BCUT2D eigenvalue weighted by Gasteiger charge is -2.05. The molecule has 0 unspecified atom stereocenters. The molecule has 0 atom stereocenters. The number of nitrogens with one attached hydrogen (secondary N) is 1. The van der Waals surface area contributed by atoms with Crippen LogP contribution in [0.4, 0.5) is 0 Å². The highest BCUT2D eigenvalue weighted by atomic mass is 32.1. The second kappa shape index (κ2) is 8.54. The highest BCUT2D eigenvalue weighted by Gasteiger charge is 2.26. The third-order valence-corrected chi connectivity index (χ3v) is 4.97. The van der Waals surface area contributed by atoms with Crippen LogP contribution in [-0.4, -0.2) is 35.5 Å². The Morgan fingerprint density at radius 3 is 2.16 bits per heavy atom. The summed E-state index contributed by atoms with van der Waals surface area (Å²) in [7, 11) is 0. The summed E-state index contributed by atoms with van der Waals surface area (Å²) in [6.07, 6.45) is 1.73. The van der Waals surface area contributed by atoms with Crippen molar-refractivity contribution in [2.75, 3.05) is 6.54 Å². The van der Waals surface area contributed by atoms with Gasteiger partial charge in [0.15, 0.2) is 0 Å². The first kappa shape index (κ1) is 18.8. The van der Waals surface area contributed by atoms with Crippen LogP contribution in [0.2, 0.25) is 0 Å². The minimum atomic E-state index is -1.28. The molecule has 25 heavy (non-hydrogen) atoms. The molecule has 2 rings (SSSR count). The topological polar surface area (TPSA) is 110 Å². The number of carbonyl (C=O) groups excluding carboxylic acids is 3. The highest BCUT2D eigenvalue weighted by Crippen LogP contribution is 2.22. The maximum absolute atomic E-state index is 12.2. The van der Waals surface area contributed by atoms with E-state index in [4.69, 9.17) is 9.84 Å². The van der Waals surface area contributed by atoms with Crippen LogP contribution in [-0.2, 0) is 4.74 Å². The van der Waals surface area contributed by atoms with Crippen molar-refractivity contribution in [3.05, 3.63) is 43.8 Å². The molecule has 9 heteroatoms. The number of carboxylic acid groups (broad SMARTS) is 1. The maximum atomic E-state index is 12.2. The number of esters is 2. The summed E-state index contributed by atoms with van der Waals surface area (Å²) in [5.41, 5.74) is -0.102. The largest absolute Gasteiger partial charge is 0.478 e. The van der Waals surface area contributed by atoms with Crippen LogP contribution in [0.1, 0.15) is 59.8 Å². The lowest BCUT2D eigenvalue weighted by molar-refractivity contribution is 0.0397. The second-order valence-corrected chi connectivity index (χ2v) is 6.75. The number of carbonyl (C=O) groups is 4. The summed E-state index contributed by atoms with van der Waals surface area (Å²) in [5, 5.41) is 14.7. The summed E-state index contributed by atoms with van der Waals surface area (Å²) in [6.45, 7) is 2.47. The lowest BCUT2D eigenvalue weighted by Crippen LogP contribution is -2.26. The van der Waals surface area contributed by atoms with Gasteiger partial charge in [0.1, 0.15) is 9.75 Å². The van der Waals surface area contributed by atoms with E-state index in [2.05, 4.69) is 5.32 Å². The fourth-order valence-electron chi connectivity index (χ4n) is 1.93. The molecule has 0 aliphatic rings. The maximum Gasteiger partial charge on any atom is 0.357 e. The van der Waals surface area contributed by atoms with Gasteiger partial charge in [-0.25, -0.2) is 14.4 Å². The molecule has 0 aromatic carbocycles. The van der Waals surface area contributed by atoms with Crippen LogP contribution < -0.4 is 5.32 Å². The summed E-state index contributed by atoms with van der Waals surface area (Å²) >= 11 is 1.84. The molecule has 1 amide bonds. The van der Waals surface area contributed by atoms with E-state index in [1.807, 2.05) is 6.92 Å². The highest BCUT2D eigenvalue weighted by molar-refractivity contribution is 7.13. The van der Waals surface area contributed by atoms with Crippen LogP contribution in [0.3, 0.4) is 0 Å². The van der Waals surface area contributed by atoms with Crippen molar-refractivity contribution in [2.45, 2.75) is 19.8 Å². The first-order valence-corrected chi connectivity index (χ1v) is 9.14. The zero-order chi connectivity index (χ0) is 18.4. The molecule has 0 bridgehead atoms. The van der Waals surface area contributed by atoms with E-state index in [0.717, 1.165) is 35.5 Å². The molecule has 0 spiro atoms. The molecule has 2 aromatic rings. The van der Waals surface area contributed by atoms with E-state index in [9.17, 15) is 19.2 Å². The molecular formula is C16H15NO6S2. The Kier molecular flexibility index (Phi) is 6.43. The molecule has 2 aromatic heterocycles. The summed E-state index contributed by atoms with van der Waals surface area (Å²) < 4.78 is 4.75. The van der Waals surface area contributed by atoms with Crippen LogP contribution in [0, 0.1) is 0 Å². The van der Waals surface area contributed by atoms with E-state index in [0.29, 0.717) is 6.54 Å². The predicted molar refractivity (Wildman–Crippen MR) is 92.6 cm³/mol. The zero-order valence-corrected chi connectivity index (χ0v) is 14.9. The van der Waals surface area contributed by atoms with Gasteiger partial charge < -0.3 is 15.2 Å². The number of carboxylic acids is 1. The Morgan fingerprint density at radius 2 is 1.60 bits per heavy atom. The Balaban J connectivity index is 2.10. The van der Waals surface area contributed by atoms with Gasteiger partial charge in [-0.1, -0.05) is 13.3 Å². The number of hydrogen-bond donors (Lipinski definition) is 2. The van der Waals surface area contributed by atoms with Crippen molar-refractivity contribution in [3.63, 3.8) is 0 Å². The number of ether oxygens (including phenoxy) is 1. The van der Waals surface area contributed by atoms with E-state index >= 15 is 0 Å². The Morgan fingerprint density at radius 1 is 1.04 bits per heavy atom. The second-order valence-electron chi connectivity index (χ2n) is 4.92. The third kappa shape index (κ3) is 4.52. The van der Waals surface area contributed by atoms with Crippen molar-refractivity contribution >= 4 is 46.5 Å². The van der Waals surface area contributed by atoms with Crippen LogP contribution in [0.5, 0.6) is 0 Å². The average Bonchev–Trinajstić information content (AvgIpc) is 3.24. The number of thiophene rings is 2. The van der Waals surface area contributed by atoms with E-state index in [-0.39, 0.29) is 20.9 Å². The van der Waals surface area contributed by atoms with Crippen molar-refractivity contribution < 1.29 is 29.0 Å². The fourth-order valence-corrected chi connectivity index (χ4v) is 3.46. The van der Waals surface area contributed by atoms with Gasteiger partial charge in [-0.15, -0.1) is 22.7 Å². The van der Waals surface area contributed by atoms with Gasteiger partial charge in [0, 0.05) is 6.54 Å². The lowest BCUT2D eigenvalue weighted by atomic mass is 10.2. The van der Waals surface area contributed by atoms with Crippen LogP contribution in [0.25, 0.3) is 0 Å². The summed E-state index contributed by atoms with van der Waals surface area (Å²) in [6, 6.07) is 2.73. The first-order valence-electron chi connectivity index (χ1n) is 7.38. The van der Waals surface area contributed by atoms with Crippen molar-refractivity contribution in [3.8, 4) is 0 Å². The third-order valence-electron chi connectivity index (χ3n) is 3.18. The smallest absolute Gasteiger partial charge is 0.357 e. The Hall–Kier alpha value is -2.52. The van der Waals surface area contributed by atoms with Crippen molar-refractivity contribution in [2.24, 2.45) is 0 Å². The van der Waals surface area contributed by atoms with E-state index in [1.165, 1.54) is 17.5 Å². The van der Waals surface area contributed by atoms with E-state index in [1.54, 1.807) is 5.38 Å². The normalized spacial score (nSPS) is 10.3. The molecule has 0 aliphatic heterocycles. The molecule has 0 fully saturated rings. The number of rotatable bonds is 7. The van der Waals surface area contributed by atoms with E-state index < -0.39 is 23.8 Å². The van der Waals surface area contributed by atoms with Gasteiger partial charge in [0.05, 0.1) is 11.1 Å². The molecule has 0 aliphatic carbocycles. The van der Waals surface area contributed by atoms with Crippen molar-refractivity contribution in [1.82, 2.24) is 5.32 Å². The van der Waals surface area contributed by atoms with Crippen LogP contribution >= 0.6 is 22.7 Å². The number of aromatic carboxylic acids is 1. The Labute approximate surface area is 151 Å². The fraction of sp³-hybridized carbons (Fsp3) is 0.250. The Bertz CT molecular complexity index is 807. The minimum absolute atomic E-state index is 0.00391. The quantitative estimate of drug-likeness (QED) is 0.433. The monoisotopic (exact) mass is 381 g/mol. The molecule has 132 valence electrons. The standard InChI is InChI=1S/C16H15NO6S2/c1-2-3-6-17-13(18)9-4-7-24-11(9)15(21)23-16(22)12-10(14(19)20)5-8-25-12/h4-5,7-8H,2-3,6H2,1H3,(H,17,18)(H,19,20). The SMILES string of the molecule is CCCCNC(=O)c1ccsc1C(=O)OC(=O)c1sccc1C(=O)O. The minimum Gasteiger partial charge on any atom is -0.478 e. The molecule has 2 heterocycles.